The zero-order valence-electron chi connectivity index (χ0n) is 17.3. The highest BCUT2D eigenvalue weighted by atomic mass is 16.5. The van der Waals surface area contributed by atoms with Crippen LogP contribution in [0.25, 0.3) is 10.9 Å². The van der Waals surface area contributed by atoms with E-state index in [4.69, 9.17) is 9.47 Å². The largest absolute Gasteiger partial charge is 0.468 e. The van der Waals surface area contributed by atoms with Crippen LogP contribution in [0.5, 0.6) is 0 Å². The van der Waals surface area contributed by atoms with Crippen molar-refractivity contribution in [1.29, 1.82) is 0 Å². The Balaban J connectivity index is 1.62. The molecule has 0 unspecified atom stereocenters. The number of fused-ring (bicyclic) bond motifs is 6. The monoisotopic (exact) mass is 410 g/mol. The van der Waals surface area contributed by atoms with Crippen LogP contribution in [-0.2, 0) is 25.5 Å². The van der Waals surface area contributed by atoms with Gasteiger partial charge in [0.1, 0.15) is 11.7 Å². The van der Waals surface area contributed by atoms with Crippen LogP contribution in [0.2, 0.25) is 0 Å². The van der Waals surface area contributed by atoms with Crippen LogP contribution in [-0.4, -0.2) is 54.6 Å². The third-order valence-corrected chi connectivity index (χ3v) is 7.34. The summed E-state index contributed by atoms with van der Waals surface area (Å²) >= 11 is 0. The summed E-state index contributed by atoms with van der Waals surface area (Å²) in [4.78, 5) is 40.3. The van der Waals surface area contributed by atoms with Gasteiger partial charge in [0.2, 0.25) is 0 Å². The molecule has 0 spiro atoms. The van der Waals surface area contributed by atoms with Crippen LogP contribution < -0.4 is 0 Å². The molecule has 4 atom stereocenters. The number of para-hydroxylation sites is 1. The van der Waals surface area contributed by atoms with Crippen molar-refractivity contribution < 1.29 is 23.9 Å². The van der Waals surface area contributed by atoms with E-state index in [2.05, 4.69) is 11.0 Å². The molecule has 0 N–H and O–H groups in total. The molecule has 1 saturated heterocycles. The van der Waals surface area contributed by atoms with Gasteiger partial charge in [-0.1, -0.05) is 18.2 Å². The lowest BCUT2D eigenvalue weighted by Gasteiger charge is -2.49. The van der Waals surface area contributed by atoms with Gasteiger partial charge in [-0.15, -0.1) is 0 Å². The second-order valence-corrected chi connectivity index (χ2v) is 8.61. The minimum atomic E-state index is -0.697. The van der Waals surface area contributed by atoms with Gasteiger partial charge in [0.25, 0.3) is 0 Å². The molecule has 7 heteroatoms. The number of ether oxygens (including phenoxy) is 2. The number of benzene rings is 1. The fraction of sp³-hybridized carbons (Fsp3) is 0.522. The van der Waals surface area contributed by atoms with Gasteiger partial charge in [0, 0.05) is 24.9 Å². The van der Waals surface area contributed by atoms with E-state index in [1.54, 1.807) is 4.57 Å². The Labute approximate surface area is 174 Å². The summed E-state index contributed by atoms with van der Waals surface area (Å²) in [6.45, 7) is 1.74. The molecule has 2 fully saturated rings. The highest BCUT2D eigenvalue weighted by Crippen LogP contribution is 2.49. The van der Waals surface area contributed by atoms with Crippen molar-refractivity contribution >= 4 is 28.7 Å². The third kappa shape index (κ3) is 2.71. The summed E-state index contributed by atoms with van der Waals surface area (Å²) in [5.74, 6) is -0.901. The Morgan fingerprint density at radius 1 is 1.10 bits per heavy atom. The molecule has 5 rings (SSSR count). The van der Waals surface area contributed by atoms with Crippen LogP contribution in [0.15, 0.2) is 24.3 Å². The molecule has 3 heterocycles. The Morgan fingerprint density at radius 2 is 1.90 bits per heavy atom. The van der Waals surface area contributed by atoms with Crippen LogP contribution in [0.1, 0.15) is 36.6 Å². The van der Waals surface area contributed by atoms with E-state index in [9.17, 15) is 14.4 Å². The lowest BCUT2D eigenvalue weighted by molar-refractivity contribution is -0.157. The number of methoxy groups -OCH3 is 2. The molecule has 30 heavy (non-hydrogen) atoms. The Bertz CT molecular complexity index is 1030. The molecule has 1 aromatic heterocycles. The number of rotatable bonds is 1. The van der Waals surface area contributed by atoms with Crippen molar-refractivity contribution in [2.45, 2.75) is 31.7 Å². The van der Waals surface area contributed by atoms with Gasteiger partial charge in [-0.25, -0.2) is 9.36 Å². The van der Waals surface area contributed by atoms with Crippen molar-refractivity contribution in [3.8, 4) is 0 Å². The van der Waals surface area contributed by atoms with E-state index < -0.39 is 18.0 Å². The van der Waals surface area contributed by atoms with Gasteiger partial charge < -0.3 is 9.47 Å². The van der Waals surface area contributed by atoms with Crippen molar-refractivity contribution in [1.82, 2.24) is 9.47 Å². The number of carbonyl (C=O) groups excluding carboxylic acids is 3. The first-order valence-electron chi connectivity index (χ1n) is 10.6. The quantitative estimate of drug-likeness (QED) is 0.531. The molecule has 7 nitrogen and oxygen atoms in total. The molecule has 1 aromatic carbocycles. The summed E-state index contributed by atoms with van der Waals surface area (Å²) in [5.41, 5.74) is 2.98. The van der Waals surface area contributed by atoms with E-state index in [1.807, 2.05) is 18.2 Å². The smallest absolute Gasteiger partial charge is 0.418 e. The Morgan fingerprint density at radius 3 is 2.67 bits per heavy atom. The molecule has 0 amide bonds. The molecule has 0 radical (unpaired) electrons. The van der Waals surface area contributed by atoms with E-state index in [1.165, 1.54) is 19.8 Å². The maximum atomic E-state index is 12.8. The van der Waals surface area contributed by atoms with Gasteiger partial charge in [0.05, 0.1) is 31.5 Å². The summed E-state index contributed by atoms with van der Waals surface area (Å²) < 4.78 is 11.8. The molecule has 0 bridgehead atoms. The average molecular weight is 410 g/mol. The number of piperidine rings is 1. The number of Topliss-reactive ketones (excluding diaryl/α,β-unsaturated/α-hetero) is 1. The number of aromatic nitrogens is 1. The second-order valence-electron chi connectivity index (χ2n) is 8.61. The number of hydrogen-bond donors (Lipinski definition) is 0. The molecule has 1 aliphatic carbocycles. The molecule has 1 saturated carbocycles. The fourth-order valence-corrected chi connectivity index (χ4v) is 6.05. The number of esters is 1. The average Bonchev–Trinajstić information content (AvgIpc) is 3.11. The highest BCUT2D eigenvalue weighted by molar-refractivity contribution is 6.00. The minimum absolute atomic E-state index is 0.0129. The van der Waals surface area contributed by atoms with Gasteiger partial charge in [-0.2, -0.15) is 0 Å². The molecular formula is C23H26N2O5. The van der Waals surface area contributed by atoms with E-state index >= 15 is 0 Å². The predicted octanol–water partition coefficient (Wildman–Crippen LogP) is 2.94. The summed E-state index contributed by atoms with van der Waals surface area (Å²) in [6.07, 6.45) is 2.38. The number of ketones is 1. The van der Waals surface area contributed by atoms with Crippen LogP contribution in [0.3, 0.4) is 0 Å². The Hall–Kier alpha value is -2.67. The minimum Gasteiger partial charge on any atom is -0.468 e. The first-order valence-corrected chi connectivity index (χ1v) is 10.6. The lowest BCUT2D eigenvalue weighted by Crippen LogP contribution is -2.52. The number of nitrogens with zero attached hydrogens (tertiary/aromatic N) is 2. The maximum Gasteiger partial charge on any atom is 0.418 e. The topological polar surface area (TPSA) is 77.8 Å². The van der Waals surface area contributed by atoms with Crippen LogP contribution >= 0.6 is 0 Å². The molecule has 2 aliphatic heterocycles. The van der Waals surface area contributed by atoms with E-state index in [0.29, 0.717) is 18.8 Å². The first-order chi connectivity index (χ1) is 14.5. The van der Waals surface area contributed by atoms with Gasteiger partial charge >= 0.3 is 12.1 Å². The third-order valence-electron chi connectivity index (χ3n) is 7.34. The van der Waals surface area contributed by atoms with E-state index in [0.717, 1.165) is 42.5 Å². The fourth-order valence-electron chi connectivity index (χ4n) is 6.05. The normalized spacial score (nSPS) is 28.4. The Kier molecular flexibility index (Phi) is 4.65. The SMILES string of the molecule is COC(=O)[C@H]1C(=O)CC[C@H]2CN3CCc4c(n(C(=O)OC)c5ccccc45)[C@@H]3C[C@H]21. The van der Waals surface area contributed by atoms with Gasteiger partial charge in [-0.05, 0) is 42.7 Å². The van der Waals surface area contributed by atoms with Gasteiger partial charge in [0.15, 0.2) is 0 Å². The molecular weight excluding hydrogens is 384 g/mol. The number of carbonyl (C=O) groups is 3. The van der Waals surface area contributed by atoms with Crippen molar-refractivity contribution in [3.63, 3.8) is 0 Å². The van der Waals surface area contributed by atoms with Crippen LogP contribution in [0.4, 0.5) is 4.79 Å². The molecule has 158 valence electrons. The molecule has 3 aliphatic rings. The summed E-state index contributed by atoms with van der Waals surface area (Å²) in [5, 5.41) is 1.07. The van der Waals surface area contributed by atoms with Crippen LogP contribution in [0, 0.1) is 17.8 Å². The highest BCUT2D eigenvalue weighted by Gasteiger charge is 2.50. The summed E-state index contributed by atoms with van der Waals surface area (Å²) in [6, 6.07) is 7.88. The maximum absolute atomic E-state index is 12.8. The lowest BCUT2D eigenvalue weighted by atomic mass is 9.65. The standard InChI is InChI=1S/C23H26N2O5/c1-29-22(27)20-16-11-18-21-15(9-10-24(18)12-13(16)7-8-19(20)26)14-5-3-4-6-17(14)25(21)23(28)30-2/h3-6,13,16,18,20H,7-12H2,1-2H3/t13-,16+,18-,20+/m0/s1. The van der Waals surface area contributed by atoms with Gasteiger partial charge in [-0.3, -0.25) is 14.5 Å². The summed E-state index contributed by atoms with van der Waals surface area (Å²) in [7, 11) is 2.75. The van der Waals surface area contributed by atoms with E-state index in [-0.39, 0.29) is 17.7 Å². The second kappa shape index (κ2) is 7.23. The van der Waals surface area contributed by atoms with Crippen molar-refractivity contribution in [2.75, 3.05) is 27.3 Å². The number of hydrogen-bond acceptors (Lipinski definition) is 6. The first kappa shape index (κ1) is 19.3. The molecule has 2 aromatic rings. The predicted molar refractivity (Wildman–Crippen MR) is 109 cm³/mol. The van der Waals surface area contributed by atoms with Crippen molar-refractivity contribution in [3.05, 3.63) is 35.5 Å². The zero-order chi connectivity index (χ0) is 21.0. The zero-order valence-corrected chi connectivity index (χ0v) is 17.3. The van der Waals surface area contributed by atoms with Crippen molar-refractivity contribution in [2.24, 2.45) is 17.8 Å².